The highest BCUT2D eigenvalue weighted by molar-refractivity contribution is 5.96. The van der Waals surface area contributed by atoms with Gasteiger partial charge >= 0.3 is 11.9 Å². The Morgan fingerprint density at radius 2 is 1.73 bits per heavy atom. The number of carbonyl (C=O) groups excluding carboxylic acids is 3. The molecule has 4 aliphatic rings. The zero-order valence-corrected chi connectivity index (χ0v) is 23.1. The number of ether oxygens (including phenoxy) is 2. The van der Waals surface area contributed by atoms with Crippen LogP contribution in [0.25, 0.3) is 0 Å². The molecule has 2 N–H and O–H groups in total. The lowest BCUT2D eigenvalue weighted by atomic mass is 9.59. The topological polar surface area (TPSA) is 110 Å². The molecule has 2 fully saturated rings. The van der Waals surface area contributed by atoms with E-state index in [0.717, 1.165) is 0 Å². The monoisotopic (exact) mass is 512 g/mol. The standard InChI is InChI=1S/C30H40O7/c1-9-15(3)26(33)36-14-19-12-20-22-21(28(22,7)8)11-18(6)29(24(20)32)13-17(5)23(31)30(29,35)25(19)37-27(34)16(4)10-2/h9-10,12-13,18,20-23,25,31,35H,11,14H2,1-8H3/b15-9-,16-10-/t18-,20+,21-,22+,23+,25-,29+,30-/m1/s1. The van der Waals surface area contributed by atoms with Crippen LogP contribution < -0.4 is 0 Å². The van der Waals surface area contributed by atoms with E-state index in [-0.39, 0.29) is 35.6 Å². The Morgan fingerprint density at radius 1 is 1.14 bits per heavy atom. The van der Waals surface area contributed by atoms with Gasteiger partial charge in [0.1, 0.15) is 12.7 Å². The van der Waals surface area contributed by atoms with Crippen LogP contribution in [0.5, 0.6) is 0 Å². The van der Waals surface area contributed by atoms with Gasteiger partial charge in [-0.25, -0.2) is 9.59 Å². The molecule has 0 aromatic carbocycles. The summed E-state index contributed by atoms with van der Waals surface area (Å²) in [4.78, 5) is 40.2. The van der Waals surface area contributed by atoms with Gasteiger partial charge in [0.15, 0.2) is 17.5 Å². The van der Waals surface area contributed by atoms with E-state index < -0.39 is 41.1 Å². The number of esters is 2. The van der Waals surface area contributed by atoms with Gasteiger partial charge in [-0.15, -0.1) is 0 Å². The Labute approximate surface area is 219 Å². The zero-order chi connectivity index (χ0) is 27.7. The first-order chi connectivity index (χ1) is 17.2. The van der Waals surface area contributed by atoms with Gasteiger partial charge in [0.2, 0.25) is 0 Å². The van der Waals surface area contributed by atoms with Gasteiger partial charge in [0.05, 0.1) is 5.41 Å². The first-order valence-corrected chi connectivity index (χ1v) is 13.2. The minimum absolute atomic E-state index is 0.0345. The number of ketones is 1. The highest BCUT2D eigenvalue weighted by atomic mass is 16.6. The first-order valence-electron chi connectivity index (χ1n) is 13.2. The highest BCUT2D eigenvalue weighted by Crippen LogP contribution is 2.71. The van der Waals surface area contributed by atoms with Crippen LogP contribution in [0.15, 0.2) is 46.6 Å². The lowest BCUT2D eigenvalue weighted by Gasteiger charge is -2.49. The summed E-state index contributed by atoms with van der Waals surface area (Å²) in [5, 5.41) is 24.0. The summed E-state index contributed by atoms with van der Waals surface area (Å²) < 4.78 is 11.5. The summed E-state index contributed by atoms with van der Waals surface area (Å²) >= 11 is 0. The van der Waals surface area contributed by atoms with Gasteiger partial charge in [0.25, 0.3) is 0 Å². The minimum Gasteiger partial charge on any atom is -0.458 e. The first kappa shape index (κ1) is 27.5. The Morgan fingerprint density at radius 3 is 2.32 bits per heavy atom. The van der Waals surface area contributed by atoms with Gasteiger partial charge in [0, 0.05) is 22.6 Å². The Hall–Kier alpha value is -2.51. The highest BCUT2D eigenvalue weighted by Gasteiger charge is 2.76. The Bertz CT molecular complexity index is 1150. The largest absolute Gasteiger partial charge is 0.458 e. The molecule has 2 saturated carbocycles. The van der Waals surface area contributed by atoms with Crippen LogP contribution >= 0.6 is 0 Å². The van der Waals surface area contributed by atoms with Crippen molar-refractivity contribution in [2.75, 3.05) is 6.61 Å². The van der Waals surface area contributed by atoms with Gasteiger partial charge < -0.3 is 19.7 Å². The van der Waals surface area contributed by atoms with Crippen molar-refractivity contribution in [3.8, 4) is 0 Å². The van der Waals surface area contributed by atoms with E-state index in [1.54, 1.807) is 58.9 Å². The van der Waals surface area contributed by atoms with E-state index >= 15 is 0 Å². The van der Waals surface area contributed by atoms with Crippen LogP contribution in [0.2, 0.25) is 0 Å². The van der Waals surface area contributed by atoms with Crippen LogP contribution in [0.1, 0.15) is 61.8 Å². The zero-order valence-electron chi connectivity index (χ0n) is 23.1. The van der Waals surface area contributed by atoms with Crippen molar-refractivity contribution in [1.29, 1.82) is 0 Å². The normalized spacial score (nSPS) is 40.4. The smallest absolute Gasteiger partial charge is 0.334 e. The predicted molar refractivity (Wildman–Crippen MR) is 138 cm³/mol. The summed E-state index contributed by atoms with van der Waals surface area (Å²) in [6, 6.07) is 0. The molecule has 37 heavy (non-hydrogen) atoms. The Balaban J connectivity index is 1.93. The van der Waals surface area contributed by atoms with Crippen LogP contribution in [-0.2, 0) is 23.9 Å². The number of aliphatic hydroxyl groups is 2. The molecule has 202 valence electrons. The molecule has 4 aliphatic carbocycles. The van der Waals surface area contributed by atoms with E-state index in [1.165, 1.54) is 0 Å². The fourth-order valence-electron chi connectivity index (χ4n) is 7.26. The maximum absolute atomic E-state index is 14.5. The molecule has 8 atom stereocenters. The van der Waals surface area contributed by atoms with E-state index in [9.17, 15) is 24.6 Å². The molecule has 0 amide bonds. The van der Waals surface area contributed by atoms with Crippen LogP contribution in [-0.4, -0.2) is 52.4 Å². The second-order valence-corrected chi connectivity index (χ2v) is 12.0. The third-order valence-electron chi connectivity index (χ3n) is 9.82. The van der Waals surface area contributed by atoms with Gasteiger partial charge in [-0.05, 0) is 69.8 Å². The molecule has 0 aromatic heterocycles. The second kappa shape index (κ2) is 9.05. The third-order valence-corrected chi connectivity index (χ3v) is 9.82. The fraction of sp³-hybridized carbons (Fsp3) is 0.633. The molecule has 0 aromatic rings. The molecule has 4 rings (SSSR count). The van der Waals surface area contributed by atoms with E-state index in [1.807, 2.05) is 6.92 Å². The predicted octanol–water partition coefficient (Wildman–Crippen LogP) is 3.85. The Kier molecular flexibility index (Phi) is 6.73. The molecular weight excluding hydrogens is 472 g/mol. The van der Waals surface area contributed by atoms with Crippen molar-refractivity contribution in [3.63, 3.8) is 0 Å². The average molecular weight is 513 g/mol. The van der Waals surface area contributed by atoms with E-state index in [0.29, 0.717) is 28.7 Å². The van der Waals surface area contributed by atoms with E-state index in [4.69, 9.17) is 9.47 Å². The van der Waals surface area contributed by atoms with Crippen LogP contribution in [0.3, 0.4) is 0 Å². The number of fused-ring (bicyclic) bond motifs is 3. The van der Waals surface area contributed by atoms with Crippen molar-refractivity contribution in [1.82, 2.24) is 0 Å². The van der Waals surface area contributed by atoms with Crippen molar-refractivity contribution in [3.05, 3.63) is 46.6 Å². The van der Waals surface area contributed by atoms with E-state index in [2.05, 4.69) is 13.8 Å². The number of hydrogen-bond acceptors (Lipinski definition) is 7. The van der Waals surface area contributed by atoms with Gasteiger partial charge in [-0.1, -0.05) is 45.1 Å². The number of allylic oxidation sites excluding steroid dienone is 3. The van der Waals surface area contributed by atoms with Crippen molar-refractivity contribution in [2.24, 2.45) is 34.5 Å². The third kappa shape index (κ3) is 3.72. The van der Waals surface area contributed by atoms with Gasteiger partial charge in [-0.3, -0.25) is 4.79 Å². The molecule has 0 radical (unpaired) electrons. The lowest BCUT2D eigenvalue weighted by Crippen LogP contribution is -2.66. The number of hydrogen-bond donors (Lipinski definition) is 2. The lowest BCUT2D eigenvalue weighted by molar-refractivity contribution is -0.202. The number of aliphatic hydroxyl groups excluding tert-OH is 1. The minimum atomic E-state index is -2.15. The molecule has 0 unspecified atom stereocenters. The van der Waals surface area contributed by atoms with Crippen molar-refractivity contribution in [2.45, 2.75) is 79.6 Å². The second-order valence-electron chi connectivity index (χ2n) is 12.0. The maximum Gasteiger partial charge on any atom is 0.334 e. The molecular formula is C30H40O7. The summed E-state index contributed by atoms with van der Waals surface area (Å²) in [6.07, 6.45) is 4.56. The quantitative estimate of drug-likeness (QED) is 0.327. The summed E-state index contributed by atoms with van der Waals surface area (Å²) in [5.74, 6) is -1.99. The molecule has 0 aliphatic heterocycles. The average Bonchev–Trinajstić information content (AvgIpc) is 3.37. The van der Waals surface area contributed by atoms with Crippen molar-refractivity contribution >= 4 is 17.7 Å². The molecule has 7 heteroatoms. The number of carbonyl (C=O) groups is 3. The SMILES string of the molecule is C/C=C(/C)C(=O)OCC1=C[C@@H]2C(=O)[C@]3(C=C(C)[C@H](O)[C@@]3(O)[C@@H]1OC(=O)/C(C)=C\C)[C@H](C)C[C@@H]1[C@H]2C1(C)C. The fourth-order valence-corrected chi connectivity index (χ4v) is 7.26. The number of Topliss-reactive ketones (excluding diaryl/α,β-unsaturated/α-hetero) is 1. The molecule has 7 nitrogen and oxygen atoms in total. The summed E-state index contributed by atoms with van der Waals surface area (Å²) in [6.45, 7) is 14.3. The maximum atomic E-state index is 14.5. The van der Waals surface area contributed by atoms with Crippen molar-refractivity contribution < 1.29 is 34.1 Å². The van der Waals surface area contributed by atoms with Crippen LogP contribution in [0, 0.1) is 34.5 Å². The molecule has 0 heterocycles. The summed E-state index contributed by atoms with van der Waals surface area (Å²) in [7, 11) is 0. The molecule has 0 saturated heterocycles. The van der Waals surface area contributed by atoms with Gasteiger partial charge in [-0.2, -0.15) is 0 Å². The summed E-state index contributed by atoms with van der Waals surface area (Å²) in [5.41, 5.74) is -2.19. The molecule has 2 bridgehead atoms. The molecule has 1 spiro atoms. The van der Waals surface area contributed by atoms with Crippen LogP contribution in [0.4, 0.5) is 0 Å². The number of rotatable bonds is 5.